The molecular weight excluding hydrogens is 346 g/mol. The zero-order valence-corrected chi connectivity index (χ0v) is 17.1. The second-order valence-electron chi connectivity index (χ2n) is 8.28. The Bertz CT molecular complexity index is 675. The number of alkyl carbamates (subject to hydrolysis) is 1. The Morgan fingerprint density at radius 3 is 2.59 bits per heavy atom. The van der Waals surface area contributed by atoms with Crippen molar-refractivity contribution in [2.75, 3.05) is 31.1 Å². The molecule has 2 rings (SSSR count). The summed E-state index contributed by atoms with van der Waals surface area (Å²) >= 11 is 0. The molecule has 0 spiro atoms. The first-order valence-electron chi connectivity index (χ1n) is 9.63. The van der Waals surface area contributed by atoms with E-state index in [9.17, 15) is 9.59 Å². The normalized spacial score (nSPS) is 16.9. The molecule has 0 aliphatic carbocycles. The molecule has 0 saturated carbocycles. The predicted octanol–water partition coefficient (Wildman–Crippen LogP) is 1.50. The predicted molar refractivity (Wildman–Crippen MR) is 106 cm³/mol. The maximum Gasteiger partial charge on any atom is 0.407 e. The molecule has 0 bridgehead atoms. The maximum atomic E-state index is 11.7. The Balaban J connectivity index is 1.67. The Hall–Kier alpha value is -2.09. The summed E-state index contributed by atoms with van der Waals surface area (Å²) in [6.45, 7) is 10.9. The second kappa shape index (κ2) is 9.21. The van der Waals surface area contributed by atoms with E-state index in [1.54, 1.807) is 19.2 Å². The lowest BCUT2D eigenvalue weighted by Gasteiger charge is -2.33. The van der Waals surface area contributed by atoms with Crippen molar-refractivity contribution < 1.29 is 9.53 Å². The van der Waals surface area contributed by atoms with Gasteiger partial charge in [-0.25, -0.2) is 9.48 Å². The first-order chi connectivity index (χ1) is 12.6. The number of hydrogen-bond acceptors (Lipinski definition) is 6. The number of ether oxygens (including phenoxy) is 1. The molecule has 1 saturated heterocycles. The van der Waals surface area contributed by atoms with Gasteiger partial charge in [0.25, 0.3) is 5.56 Å². The Labute approximate surface area is 161 Å². The zero-order chi connectivity index (χ0) is 20.0. The van der Waals surface area contributed by atoms with Crippen molar-refractivity contribution in [2.24, 2.45) is 13.0 Å². The average Bonchev–Trinajstić information content (AvgIpc) is 2.59. The fourth-order valence-corrected chi connectivity index (χ4v) is 3.02. The van der Waals surface area contributed by atoms with E-state index in [-0.39, 0.29) is 17.7 Å². The van der Waals surface area contributed by atoms with Crippen LogP contribution in [0.2, 0.25) is 0 Å². The Kier molecular flexibility index (Phi) is 7.24. The van der Waals surface area contributed by atoms with E-state index < -0.39 is 5.60 Å². The Morgan fingerprint density at radius 2 is 2.00 bits per heavy atom. The van der Waals surface area contributed by atoms with E-state index >= 15 is 0 Å². The first kappa shape index (κ1) is 21.2. The van der Waals surface area contributed by atoms with Crippen molar-refractivity contribution in [1.82, 2.24) is 20.4 Å². The molecule has 152 valence electrons. The van der Waals surface area contributed by atoms with Crippen molar-refractivity contribution >= 4 is 11.9 Å². The summed E-state index contributed by atoms with van der Waals surface area (Å²) in [6.07, 6.45) is 1.77. The summed E-state index contributed by atoms with van der Waals surface area (Å²) in [6, 6.07) is 3.54. The Morgan fingerprint density at radius 1 is 1.33 bits per heavy atom. The molecule has 1 amide bonds. The molecule has 2 N–H and O–H groups in total. The van der Waals surface area contributed by atoms with E-state index in [2.05, 4.69) is 27.6 Å². The number of anilines is 1. The summed E-state index contributed by atoms with van der Waals surface area (Å²) in [5.74, 6) is 1.45. The molecule has 27 heavy (non-hydrogen) atoms. The summed E-state index contributed by atoms with van der Waals surface area (Å²) in [5.41, 5.74) is -0.568. The number of aryl methyl sites for hydroxylation is 1. The number of rotatable bonds is 6. The van der Waals surface area contributed by atoms with Gasteiger partial charge in [0.1, 0.15) is 11.4 Å². The number of aromatic nitrogens is 2. The van der Waals surface area contributed by atoms with Crippen LogP contribution in [0, 0.1) is 5.92 Å². The summed E-state index contributed by atoms with van der Waals surface area (Å²) < 4.78 is 6.62. The van der Waals surface area contributed by atoms with Gasteiger partial charge in [-0.3, -0.25) is 4.79 Å². The van der Waals surface area contributed by atoms with Crippen LogP contribution in [0.3, 0.4) is 0 Å². The van der Waals surface area contributed by atoms with Gasteiger partial charge in [-0.05, 0) is 59.1 Å². The highest BCUT2D eigenvalue weighted by molar-refractivity contribution is 5.67. The highest BCUT2D eigenvalue weighted by atomic mass is 16.6. The van der Waals surface area contributed by atoms with Crippen LogP contribution in [-0.4, -0.2) is 53.7 Å². The van der Waals surface area contributed by atoms with Crippen molar-refractivity contribution in [3.8, 4) is 0 Å². The minimum atomic E-state index is -0.478. The van der Waals surface area contributed by atoms with E-state index in [0.29, 0.717) is 12.5 Å². The number of amides is 1. The van der Waals surface area contributed by atoms with Gasteiger partial charge in [0.05, 0.1) is 0 Å². The van der Waals surface area contributed by atoms with Gasteiger partial charge in [0.15, 0.2) is 0 Å². The van der Waals surface area contributed by atoms with Crippen molar-refractivity contribution in [2.45, 2.75) is 52.2 Å². The van der Waals surface area contributed by atoms with E-state index in [0.717, 1.165) is 38.3 Å². The van der Waals surface area contributed by atoms with Crippen LogP contribution in [0.15, 0.2) is 16.9 Å². The molecule has 0 unspecified atom stereocenters. The number of nitrogens with one attached hydrogen (secondary N) is 2. The van der Waals surface area contributed by atoms with Crippen LogP contribution in [-0.2, 0) is 11.8 Å². The average molecular weight is 380 g/mol. The fraction of sp³-hybridized carbons (Fsp3) is 0.737. The first-order valence-corrected chi connectivity index (χ1v) is 9.63. The number of carbonyl (C=O) groups excluding carboxylic acids is 1. The summed E-state index contributed by atoms with van der Waals surface area (Å²) in [4.78, 5) is 25.4. The number of nitrogens with zero attached hydrogens (tertiary/aromatic N) is 3. The van der Waals surface area contributed by atoms with Crippen LogP contribution in [0.5, 0.6) is 0 Å². The number of piperidine rings is 1. The molecule has 8 heteroatoms. The molecule has 1 atom stereocenters. The molecule has 1 fully saturated rings. The highest BCUT2D eigenvalue weighted by Crippen LogP contribution is 2.20. The van der Waals surface area contributed by atoms with Crippen molar-refractivity contribution in [3.63, 3.8) is 0 Å². The smallest absolute Gasteiger partial charge is 0.407 e. The molecule has 1 aliphatic heterocycles. The maximum absolute atomic E-state index is 11.7. The molecule has 1 aromatic heterocycles. The minimum Gasteiger partial charge on any atom is -0.444 e. The quantitative estimate of drug-likeness (QED) is 0.779. The lowest BCUT2D eigenvalue weighted by Crippen LogP contribution is -2.44. The third-order valence-electron chi connectivity index (χ3n) is 4.59. The molecule has 1 aliphatic rings. The second-order valence-corrected chi connectivity index (χ2v) is 8.28. The van der Waals surface area contributed by atoms with Gasteiger partial charge in [-0.1, -0.05) is 0 Å². The monoisotopic (exact) mass is 379 g/mol. The molecule has 0 radical (unpaired) electrons. The number of hydrogen-bond donors (Lipinski definition) is 2. The van der Waals surface area contributed by atoms with E-state index in [4.69, 9.17) is 4.74 Å². The minimum absolute atomic E-state index is 0.0909. The van der Waals surface area contributed by atoms with Gasteiger partial charge >= 0.3 is 6.09 Å². The van der Waals surface area contributed by atoms with Gasteiger partial charge in [0.2, 0.25) is 0 Å². The third kappa shape index (κ3) is 7.21. The van der Waals surface area contributed by atoms with E-state index in [1.807, 2.05) is 20.8 Å². The molecule has 2 heterocycles. The van der Waals surface area contributed by atoms with Gasteiger partial charge in [-0.15, -0.1) is 0 Å². The van der Waals surface area contributed by atoms with Crippen molar-refractivity contribution in [1.29, 1.82) is 0 Å². The van der Waals surface area contributed by atoms with Crippen LogP contribution < -0.4 is 21.1 Å². The molecular formula is C19H33N5O3. The van der Waals surface area contributed by atoms with E-state index in [1.165, 1.54) is 4.68 Å². The highest BCUT2D eigenvalue weighted by Gasteiger charge is 2.21. The zero-order valence-electron chi connectivity index (χ0n) is 17.1. The SMILES string of the molecule is C[C@@H](CNC(=O)OC(C)(C)C)NCC1CCN(c2ccc(=O)n(C)n2)CC1. The van der Waals surface area contributed by atoms with Gasteiger partial charge in [0, 0.05) is 38.8 Å². The molecule has 0 aromatic carbocycles. The van der Waals surface area contributed by atoms with Gasteiger partial charge < -0.3 is 20.3 Å². The van der Waals surface area contributed by atoms with Crippen LogP contribution in [0.4, 0.5) is 10.6 Å². The van der Waals surface area contributed by atoms with Crippen LogP contribution in [0.1, 0.15) is 40.5 Å². The fourth-order valence-electron chi connectivity index (χ4n) is 3.02. The van der Waals surface area contributed by atoms with Gasteiger partial charge in [-0.2, -0.15) is 5.10 Å². The van der Waals surface area contributed by atoms with Crippen molar-refractivity contribution in [3.05, 3.63) is 22.5 Å². The topological polar surface area (TPSA) is 88.5 Å². The number of carbonyl (C=O) groups is 1. The summed E-state index contributed by atoms with van der Waals surface area (Å²) in [5, 5.41) is 10.6. The van der Waals surface area contributed by atoms with Crippen LogP contribution in [0.25, 0.3) is 0 Å². The largest absolute Gasteiger partial charge is 0.444 e. The summed E-state index contributed by atoms with van der Waals surface area (Å²) in [7, 11) is 1.68. The molecule has 1 aromatic rings. The standard InChI is InChI=1S/C19H33N5O3/c1-14(12-21-18(26)27-19(2,3)4)20-13-15-8-10-24(11-9-15)16-6-7-17(25)23(5)22-16/h6-7,14-15,20H,8-13H2,1-5H3,(H,21,26)/t14-/m0/s1. The molecule has 8 nitrogen and oxygen atoms in total. The lowest BCUT2D eigenvalue weighted by atomic mass is 9.96. The lowest BCUT2D eigenvalue weighted by molar-refractivity contribution is 0.0523. The van der Waals surface area contributed by atoms with Crippen LogP contribution >= 0.6 is 0 Å². The third-order valence-corrected chi connectivity index (χ3v) is 4.59.